The molecule has 11 heteroatoms. The van der Waals surface area contributed by atoms with Gasteiger partial charge < -0.3 is 10.2 Å². The number of hydrogen-bond donors (Lipinski definition) is 1. The Morgan fingerprint density at radius 2 is 1.57 bits per heavy atom. The van der Waals surface area contributed by atoms with Gasteiger partial charge in [-0.1, -0.05) is 71.6 Å². The van der Waals surface area contributed by atoms with Crippen molar-refractivity contribution in [3.05, 3.63) is 62.6 Å². The van der Waals surface area contributed by atoms with Crippen molar-refractivity contribution in [3.8, 4) is 0 Å². The smallest absolute Gasteiger partial charge is 0.244 e. The van der Waals surface area contributed by atoms with Gasteiger partial charge in [0, 0.05) is 12.6 Å². The van der Waals surface area contributed by atoms with Crippen molar-refractivity contribution in [3.63, 3.8) is 0 Å². The largest absolute Gasteiger partial charge is 0.352 e. The molecule has 0 aliphatic heterocycles. The lowest BCUT2D eigenvalue weighted by Crippen LogP contribution is -2.53. The highest BCUT2D eigenvalue weighted by Gasteiger charge is 2.32. The highest BCUT2D eigenvalue weighted by Crippen LogP contribution is 2.35. The van der Waals surface area contributed by atoms with E-state index in [1.807, 2.05) is 45.0 Å². The van der Waals surface area contributed by atoms with E-state index in [0.717, 1.165) is 21.7 Å². The van der Waals surface area contributed by atoms with Crippen molar-refractivity contribution in [1.29, 1.82) is 0 Å². The Morgan fingerprint density at radius 3 is 2.09 bits per heavy atom. The predicted molar refractivity (Wildman–Crippen MR) is 143 cm³/mol. The van der Waals surface area contributed by atoms with E-state index in [1.54, 1.807) is 6.92 Å². The molecule has 0 aliphatic rings. The molecule has 0 bridgehead atoms. The molecule has 0 aliphatic carbocycles. The minimum absolute atomic E-state index is 0.0203. The molecule has 0 spiro atoms. The molecule has 0 heterocycles. The number of carbonyl (C=O) groups excluding carboxylic acids is 2. The first-order valence-electron chi connectivity index (χ1n) is 11.0. The normalized spacial score (nSPS) is 12.4. The van der Waals surface area contributed by atoms with Crippen LogP contribution in [0, 0.1) is 6.92 Å². The number of nitrogens with one attached hydrogen (secondary N) is 1. The van der Waals surface area contributed by atoms with Crippen molar-refractivity contribution in [2.45, 2.75) is 52.7 Å². The molecule has 0 saturated heterocycles. The van der Waals surface area contributed by atoms with Crippen LogP contribution in [0.3, 0.4) is 0 Å². The zero-order valence-corrected chi connectivity index (χ0v) is 23.4. The van der Waals surface area contributed by atoms with Crippen LogP contribution >= 0.6 is 34.8 Å². The summed E-state index contributed by atoms with van der Waals surface area (Å²) in [5.74, 6) is -0.884. The molecular formula is C24H30Cl3N3O4S. The number of anilines is 1. The van der Waals surface area contributed by atoms with Gasteiger partial charge in [0.1, 0.15) is 12.6 Å². The average molecular weight is 563 g/mol. The lowest BCUT2D eigenvalue weighted by Gasteiger charge is -2.33. The molecule has 192 valence electrons. The van der Waals surface area contributed by atoms with Gasteiger partial charge in [0.05, 0.1) is 27.0 Å². The summed E-state index contributed by atoms with van der Waals surface area (Å²) in [6, 6.07) is 9.23. The van der Waals surface area contributed by atoms with Gasteiger partial charge in [-0.3, -0.25) is 13.9 Å². The summed E-state index contributed by atoms with van der Waals surface area (Å²) in [5, 5.41) is 3.10. The van der Waals surface area contributed by atoms with Gasteiger partial charge in [-0.25, -0.2) is 8.42 Å². The zero-order valence-electron chi connectivity index (χ0n) is 20.3. The number of carbonyl (C=O) groups is 2. The first-order valence-corrected chi connectivity index (χ1v) is 14.0. The molecule has 2 amide bonds. The summed E-state index contributed by atoms with van der Waals surface area (Å²) < 4.78 is 26.3. The van der Waals surface area contributed by atoms with Gasteiger partial charge >= 0.3 is 0 Å². The van der Waals surface area contributed by atoms with Crippen LogP contribution in [-0.2, 0) is 26.2 Å². The van der Waals surface area contributed by atoms with Crippen LogP contribution in [0.4, 0.5) is 5.69 Å². The third-order valence-electron chi connectivity index (χ3n) is 5.23. The molecule has 7 nitrogen and oxygen atoms in total. The molecule has 0 fully saturated rings. The van der Waals surface area contributed by atoms with Gasteiger partial charge in [-0.05, 0) is 44.9 Å². The van der Waals surface area contributed by atoms with Crippen LogP contribution < -0.4 is 9.62 Å². The summed E-state index contributed by atoms with van der Waals surface area (Å²) in [7, 11) is -3.95. The van der Waals surface area contributed by atoms with Crippen molar-refractivity contribution >= 4 is 62.3 Å². The Kier molecular flexibility index (Phi) is 10.3. The molecule has 0 aromatic heterocycles. The van der Waals surface area contributed by atoms with Crippen LogP contribution in [0.5, 0.6) is 0 Å². The molecule has 2 aromatic carbocycles. The summed E-state index contributed by atoms with van der Waals surface area (Å²) in [6.45, 7) is 6.94. The summed E-state index contributed by atoms with van der Waals surface area (Å²) >= 11 is 18.4. The minimum Gasteiger partial charge on any atom is -0.352 e. The highest BCUT2D eigenvalue weighted by molar-refractivity contribution is 7.92. The molecule has 1 unspecified atom stereocenters. The standard InChI is InChI=1S/C24H30Cl3N3O4S/c1-6-21(24(32)28-15(2)3)29(13-17-9-7-16(4)8-10-17)23(31)14-30(35(5,33)34)22-12-19(26)18(25)11-20(22)27/h7-12,15,21H,6,13-14H2,1-5H3,(H,28,32). The quantitative estimate of drug-likeness (QED) is 0.411. The van der Waals surface area contributed by atoms with Crippen molar-refractivity contribution in [1.82, 2.24) is 10.2 Å². The molecule has 35 heavy (non-hydrogen) atoms. The van der Waals surface area contributed by atoms with E-state index in [1.165, 1.54) is 17.0 Å². The maximum Gasteiger partial charge on any atom is 0.244 e. The Bertz CT molecular complexity index is 1170. The van der Waals surface area contributed by atoms with E-state index in [0.29, 0.717) is 6.42 Å². The van der Waals surface area contributed by atoms with Crippen molar-refractivity contribution in [2.75, 3.05) is 17.1 Å². The molecule has 1 atom stereocenters. The molecule has 0 saturated carbocycles. The third kappa shape index (κ3) is 8.00. The lowest BCUT2D eigenvalue weighted by molar-refractivity contribution is -0.140. The van der Waals surface area contributed by atoms with E-state index >= 15 is 0 Å². The van der Waals surface area contributed by atoms with E-state index in [2.05, 4.69) is 5.32 Å². The molecular weight excluding hydrogens is 533 g/mol. The second-order valence-electron chi connectivity index (χ2n) is 8.58. The van der Waals surface area contributed by atoms with Crippen LogP contribution in [-0.4, -0.2) is 50.0 Å². The average Bonchev–Trinajstić information content (AvgIpc) is 2.74. The minimum atomic E-state index is -3.95. The maximum atomic E-state index is 13.6. The highest BCUT2D eigenvalue weighted by atomic mass is 35.5. The predicted octanol–water partition coefficient (Wildman–Crippen LogP) is 5.05. The van der Waals surface area contributed by atoms with Crippen molar-refractivity contribution < 1.29 is 18.0 Å². The van der Waals surface area contributed by atoms with Crippen LogP contribution in [0.25, 0.3) is 0 Å². The van der Waals surface area contributed by atoms with Gasteiger partial charge in [0.25, 0.3) is 0 Å². The third-order valence-corrected chi connectivity index (χ3v) is 7.38. The Hall–Kier alpha value is -2.00. The van der Waals surface area contributed by atoms with Crippen LogP contribution in [0.15, 0.2) is 36.4 Å². The Morgan fingerprint density at radius 1 is 1.00 bits per heavy atom. The number of hydrogen-bond acceptors (Lipinski definition) is 4. The first-order chi connectivity index (χ1) is 16.2. The fourth-order valence-corrected chi connectivity index (χ4v) is 5.03. The van der Waals surface area contributed by atoms with Gasteiger partial charge in [0.15, 0.2) is 0 Å². The number of benzene rings is 2. The number of halogens is 3. The zero-order chi connectivity index (χ0) is 26.5. The summed E-state index contributed by atoms with van der Waals surface area (Å²) in [4.78, 5) is 28.0. The summed E-state index contributed by atoms with van der Waals surface area (Å²) in [6.07, 6.45) is 1.30. The van der Waals surface area contributed by atoms with E-state index in [9.17, 15) is 18.0 Å². The number of aryl methyl sites for hydroxylation is 1. The molecule has 2 rings (SSSR count). The number of sulfonamides is 1. The second kappa shape index (κ2) is 12.3. The van der Waals surface area contributed by atoms with E-state index in [4.69, 9.17) is 34.8 Å². The fourth-order valence-electron chi connectivity index (χ4n) is 3.49. The van der Waals surface area contributed by atoms with Crippen molar-refractivity contribution in [2.24, 2.45) is 0 Å². The number of rotatable bonds is 10. The van der Waals surface area contributed by atoms with Gasteiger partial charge in [0.2, 0.25) is 21.8 Å². The maximum absolute atomic E-state index is 13.6. The first kappa shape index (κ1) is 29.2. The Labute approximate surface area is 222 Å². The van der Waals surface area contributed by atoms with Crippen LogP contribution in [0.1, 0.15) is 38.3 Å². The molecule has 2 aromatic rings. The fraction of sp³-hybridized carbons (Fsp3) is 0.417. The van der Waals surface area contributed by atoms with Crippen LogP contribution in [0.2, 0.25) is 15.1 Å². The lowest BCUT2D eigenvalue weighted by atomic mass is 10.1. The van der Waals surface area contributed by atoms with Gasteiger partial charge in [-0.15, -0.1) is 0 Å². The molecule has 1 N–H and O–H groups in total. The SMILES string of the molecule is CCC(C(=O)NC(C)C)N(Cc1ccc(C)cc1)C(=O)CN(c1cc(Cl)c(Cl)cc1Cl)S(C)(=O)=O. The van der Waals surface area contributed by atoms with Gasteiger partial charge in [-0.2, -0.15) is 0 Å². The Balaban J connectivity index is 2.50. The summed E-state index contributed by atoms with van der Waals surface area (Å²) in [5.41, 5.74) is 1.87. The topological polar surface area (TPSA) is 86.8 Å². The monoisotopic (exact) mass is 561 g/mol. The number of nitrogens with zero attached hydrogens (tertiary/aromatic N) is 2. The molecule has 0 radical (unpaired) electrons. The number of amides is 2. The van der Waals surface area contributed by atoms with E-state index in [-0.39, 0.29) is 39.2 Å². The second-order valence-corrected chi connectivity index (χ2v) is 11.7. The van der Waals surface area contributed by atoms with E-state index < -0.39 is 28.5 Å².